The third kappa shape index (κ3) is 4.60. The van der Waals surface area contributed by atoms with Gasteiger partial charge in [-0.1, -0.05) is 38.1 Å². The third-order valence-corrected chi connectivity index (χ3v) is 4.24. The smallest absolute Gasteiger partial charge is 0.251 e. The van der Waals surface area contributed by atoms with Crippen molar-refractivity contribution in [1.29, 1.82) is 0 Å². The first-order valence-corrected chi connectivity index (χ1v) is 8.84. The van der Waals surface area contributed by atoms with Crippen LogP contribution in [0.15, 0.2) is 48.5 Å². The number of rotatable bonds is 6. The summed E-state index contributed by atoms with van der Waals surface area (Å²) in [6.07, 6.45) is 0.848. The molecule has 1 N–H and O–H groups in total. The molecule has 0 aliphatic carbocycles. The monoisotopic (exact) mass is 339 g/mol. The van der Waals surface area contributed by atoms with E-state index in [0.29, 0.717) is 31.2 Å². The van der Waals surface area contributed by atoms with E-state index >= 15 is 0 Å². The first kappa shape index (κ1) is 17.5. The van der Waals surface area contributed by atoms with E-state index in [1.165, 1.54) is 11.1 Å². The quantitative estimate of drug-likeness (QED) is 0.871. The minimum absolute atomic E-state index is 0.0810. The van der Waals surface area contributed by atoms with Gasteiger partial charge in [0.05, 0.1) is 13.2 Å². The molecule has 1 atom stereocenters. The van der Waals surface area contributed by atoms with Crippen LogP contribution in [0, 0.1) is 5.92 Å². The normalized spacial score (nSPS) is 16.4. The van der Waals surface area contributed by atoms with Gasteiger partial charge >= 0.3 is 0 Å². The molecule has 132 valence electrons. The van der Waals surface area contributed by atoms with Gasteiger partial charge in [0.1, 0.15) is 11.9 Å². The summed E-state index contributed by atoms with van der Waals surface area (Å²) >= 11 is 0. The lowest BCUT2D eigenvalue weighted by atomic mass is 9.97. The van der Waals surface area contributed by atoms with Gasteiger partial charge in [-0.15, -0.1) is 0 Å². The molecule has 0 fully saturated rings. The van der Waals surface area contributed by atoms with E-state index < -0.39 is 0 Å². The van der Waals surface area contributed by atoms with Crippen LogP contribution in [0.5, 0.6) is 5.75 Å². The van der Waals surface area contributed by atoms with Gasteiger partial charge in [0, 0.05) is 12.1 Å². The maximum Gasteiger partial charge on any atom is 0.251 e. The molecule has 0 spiro atoms. The van der Waals surface area contributed by atoms with Gasteiger partial charge in [-0.2, -0.15) is 0 Å². The fourth-order valence-corrected chi connectivity index (χ4v) is 2.90. The number of hydrogen-bond acceptors (Lipinski definition) is 3. The van der Waals surface area contributed by atoms with Gasteiger partial charge in [0.2, 0.25) is 0 Å². The van der Waals surface area contributed by atoms with Crippen LogP contribution in [0.3, 0.4) is 0 Å². The zero-order valence-electron chi connectivity index (χ0n) is 14.8. The van der Waals surface area contributed by atoms with Crippen molar-refractivity contribution in [3.63, 3.8) is 0 Å². The first-order chi connectivity index (χ1) is 12.1. The molecule has 3 rings (SSSR count). The highest BCUT2D eigenvalue weighted by Crippen LogP contribution is 2.26. The molecule has 2 aromatic carbocycles. The molecule has 1 aliphatic heterocycles. The summed E-state index contributed by atoms with van der Waals surface area (Å²) in [6.45, 7) is 6.05. The number of carbonyl (C=O) groups excluding carboxylic acids is 1. The molecule has 1 heterocycles. The lowest BCUT2D eigenvalue weighted by Gasteiger charge is -2.26. The van der Waals surface area contributed by atoms with Crippen molar-refractivity contribution in [2.75, 3.05) is 19.8 Å². The molecule has 25 heavy (non-hydrogen) atoms. The van der Waals surface area contributed by atoms with Crippen LogP contribution in [0.4, 0.5) is 0 Å². The molecule has 0 saturated carbocycles. The summed E-state index contributed by atoms with van der Waals surface area (Å²) in [4.78, 5) is 12.4. The first-order valence-electron chi connectivity index (χ1n) is 8.84. The van der Waals surface area contributed by atoms with Gasteiger partial charge in [-0.05, 0) is 47.7 Å². The molecule has 0 radical (unpaired) electrons. The summed E-state index contributed by atoms with van der Waals surface area (Å²) in [7, 11) is 0. The molecule has 0 bridgehead atoms. The van der Waals surface area contributed by atoms with Crippen molar-refractivity contribution >= 4 is 5.91 Å². The third-order valence-electron chi connectivity index (χ3n) is 4.24. The molecule has 4 nitrogen and oxygen atoms in total. The predicted molar refractivity (Wildman–Crippen MR) is 97.9 cm³/mol. The van der Waals surface area contributed by atoms with Crippen LogP contribution in [-0.2, 0) is 11.2 Å². The van der Waals surface area contributed by atoms with Crippen molar-refractivity contribution < 1.29 is 14.3 Å². The Morgan fingerprint density at radius 1 is 1.20 bits per heavy atom. The number of amides is 1. The lowest BCUT2D eigenvalue weighted by Crippen LogP contribution is -2.31. The number of ether oxygens (including phenoxy) is 2. The second-order valence-electron chi connectivity index (χ2n) is 6.75. The fraction of sp³-hybridized carbons (Fsp3) is 0.381. The highest BCUT2D eigenvalue weighted by Gasteiger charge is 2.21. The maximum atomic E-state index is 12.4. The van der Waals surface area contributed by atoms with Crippen molar-refractivity contribution in [3.8, 4) is 5.75 Å². The molecule has 1 aliphatic rings. The fourth-order valence-electron chi connectivity index (χ4n) is 2.90. The van der Waals surface area contributed by atoms with E-state index in [9.17, 15) is 4.79 Å². The SMILES string of the molecule is CC(C)COc1ccc(C(=O)NC[C@@H]2OCCc3ccccc32)cc1. The molecule has 0 saturated heterocycles. The van der Waals surface area contributed by atoms with Crippen LogP contribution in [0.25, 0.3) is 0 Å². The van der Waals surface area contributed by atoms with Crippen LogP contribution >= 0.6 is 0 Å². The van der Waals surface area contributed by atoms with Crippen molar-refractivity contribution in [2.45, 2.75) is 26.4 Å². The second-order valence-corrected chi connectivity index (χ2v) is 6.75. The molecule has 0 aromatic heterocycles. The van der Waals surface area contributed by atoms with Crippen LogP contribution < -0.4 is 10.1 Å². The topological polar surface area (TPSA) is 47.6 Å². The molecule has 4 heteroatoms. The summed E-state index contributed by atoms with van der Waals surface area (Å²) in [5.74, 6) is 1.17. The van der Waals surface area contributed by atoms with Crippen LogP contribution in [0.1, 0.15) is 41.4 Å². The van der Waals surface area contributed by atoms with E-state index in [0.717, 1.165) is 12.2 Å². The zero-order chi connectivity index (χ0) is 17.6. The van der Waals surface area contributed by atoms with Crippen LogP contribution in [-0.4, -0.2) is 25.7 Å². The number of fused-ring (bicyclic) bond motifs is 1. The number of hydrogen-bond donors (Lipinski definition) is 1. The Morgan fingerprint density at radius 2 is 1.96 bits per heavy atom. The molecule has 1 amide bonds. The van der Waals surface area contributed by atoms with Gasteiger partial charge in [-0.25, -0.2) is 0 Å². The standard InChI is InChI=1S/C21H25NO3/c1-15(2)14-25-18-9-7-17(8-10-18)21(23)22-13-20-19-6-4-3-5-16(19)11-12-24-20/h3-10,15,20H,11-14H2,1-2H3,(H,22,23)/t20-/m0/s1. The highest BCUT2D eigenvalue weighted by molar-refractivity contribution is 5.94. The molecule has 2 aromatic rings. The summed E-state index contributed by atoms with van der Waals surface area (Å²) < 4.78 is 11.5. The molecule has 0 unspecified atom stereocenters. The average Bonchev–Trinajstić information content (AvgIpc) is 2.64. The maximum absolute atomic E-state index is 12.4. The Bertz CT molecular complexity index is 709. The largest absolute Gasteiger partial charge is 0.493 e. The summed E-state index contributed by atoms with van der Waals surface area (Å²) in [5.41, 5.74) is 3.10. The Labute approximate surface area is 149 Å². The van der Waals surface area contributed by atoms with Gasteiger partial charge in [0.15, 0.2) is 0 Å². The molecular formula is C21H25NO3. The number of carbonyl (C=O) groups is 1. The lowest BCUT2D eigenvalue weighted by molar-refractivity contribution is 0.0411. The molecular weight excluding hydrogens is 314 g/mol. The van der Waals surface area contributed by atoms with E-state index in [4.69, 9.17) is 9.47 Å². The van der Waals surface area contributed by atoms with Gasteiger partial charge < -0.3 is 14.8 Å². The van der Waals surface area contributed by atoms with E-state index in [2.05, 4.69) is 31.3 Å². The predicted octanol–water partition coefficient (Wildman–Crippen LogP) is 3.77. The van der Waals surface area contributed by atoms with Crippen molar-refractivity contribution in [2.24, 2.45) is 5.92 Å². The van der Waals surface area contributed by atoms with Crippen LogP contribution in [0.2, 0.25) is 0 Å². The summed E-state index contributed by atoms with van der Waals surface area (Å²) in [6, 6.07) is 15.5. The zero-order valence-corrected chi connectivity index (χ0v) is 14.8. The van der Waals surface area contributed by atoms with Gasteiger partial charge in [-0.3, -0.25) is 4.79 Å². The number of nitrogens with one attached hydrogen (secondary N) is 1. The Kier molecular flexibility index (Phi) is 5.71. The summed E-state index contributed by atoms with van der Waals surface area (Å²) in [5, 5.41) is 2.97. The number of benzene rings is 2. The minimum Gasteiger partial charge on any atom is -0.493 e. The minimum atomic E-state index is -0.0953. The van der Waals surface area contributed by atoms with E-state index in [1.54, 1.807) is 12.1 Å². The van der Waals surface area contributed by atoms with E-state index in [1.807, 2.05) is 24.3 Å². The second kappa shape index (κ2) is 8.17. The van der Waals surface area contributed by atoms with Crippen molar-refractivity contribution in [1.82, 2.24) is 5.32 Å². The Hall–Kier alpha value is -2.33. The Balaban J connectivity index is 1.56. The van der Waals surface area contributed by atoms with E-state index in [-0.39, 0.29) is 12.0 Å². The Morgan fingerprint density at radius 3 is 2.72 bits per heavy atom. The van der Waals surface area contributed by atoms with Crippen molar-refractivity contribution in [3.05, 3.63) is 65.2 Å². The highest BCUT2D eigenvalue weighted by atomic mass is 16.5. The average molecular weight is 339 g/mol. The van der Waals surface area contributed by atoms with Gasteiger partial charge in [0.25, 0.3) is 5.91 Å².